The van der Waals surface area contributed by atoms with Gasteiger partial charge in [-0.1, -0.05) is 0 Å². The molecule has 27 heavy (non-hydrogen) atoms. The van der Waals surface area contributed by atoms with Crippen molar-refractivity contribution in [2.24, 2.45) is 0 Å². The first kappa shape index (κ1) is 19.0. The van der Waals surface area contributed by atoms with E-state index in [0.29, 0.717) is 49.3 Å². The molecule has 1 aliphatic heterocycles. The Morgan fingerprint density at radius 2 is 1.74 bits per heavy atom. The van der Waals surface area contributed by atoms with Crippen molar-refractivity contribution < 1.29 is 17.3 Å². The van der Waals surface area contributed by atoms with Gasteiger partial charge in [-0.15, -0.1) is 0 Å². The van der Waals surface area contributed by atoms with E-state index in [9.17, 15) is 8.42 Å². The summed E-state index contributed by atoms with van der Waals surface area (Å²) >= 11 is 0. The topological polar surface area (TPSA) is 109 Å². The summed E-state index contributed by atoms with van der Waals surface area (Å²) in [4.78, 5) is 10.9. The lowest BCUT2D eigenvalue weighted by atomic mass is 10.1. The average molecular weight is 389 g/mol. The summed E-state index contributed by atoms with van der Waals surface area (Å²) in [5.74, 6) is 1.53. The van der Waals surface area contributed by atoms with E-state index >= 15 is 0 Å². The summed E-state index contributed by atoms with van der Waals surface area (Å²) < 4.78 is 34.8. The van der Waals surface area contributed by atoms with Gasteiger partial charge in [0.25, 0.3) is 0 Å². The number of methoxy groups -OCH3 is 1. The van der Waals surface area contributed by atoms with E-state index in [-0.39, 0.29) is 0 Å². The van der Waals surface area contributed by atoms with Crippen molar-refractivity contribution in [2.45, 2.75) is 0 Å². The normalized spacial score (nSPS) is 15.4. The lowest BCUT2D eigenvalue weighted by Gasteiger charge is -2.34. The van der Waals surface area contributed by atoms with E-state index in [1.807, 2.05) is 4.90 Å². The molecule has 3 rings (SSSR count). The van der Waals surface area contributed by atoms with Crippen LogP contribution in [0.5, 0.6) is 5.88 Å². The molecular formula is C17H19N5O4S. The molecule has 0 amide bonds. The van der Waals surface area contributed by atoms with Gasteiger partial charge >= 0.3 is 10.3 Å². The van der Waals surface area contributed by atoms with Gasteiger partial charge in [0.05, 0.1) is 25.9 Å². The molecule has 9 nitrogen and oxygen atoms in total. The van der Waals surface area contributed by atoms with Gasteiger partial charge in [0.1, 0.15) is 5.82 Å². The van der Waals surface area contributed by atoms with Crippen LogP contribution in [0.4, 0.5) is 5.82 Å². The number of hydrogen-bond acceptors (Lipinski definition) is 8. The molecule has 142 valence electrons. The third kappa shape index (κ3) is 4.16. The lowest BCUT2D eigenvalue weighted by Crippen LogP contribution is -2.49. The van der Waals surface area contributed by atoms with Gasteiger partial charge in [-0.2, -0.15) is 23.0 Å². The highest BCUT2D eigenvalue weighted by atomic mass is 32.2. The van der Waals surface area contributed by atoms with Crippen molar-refractivity contribution in [3.05, 3.63) is 35.9 Å². The maximum absolute atomic E-state index is 11.8. The van der Waals surface area contributed by atoms with Crippen LogP contribution in [0.25, 0.3) is 11.4 Å². The molecule has 2 heterocycles. The molecule has 1 saturated heterocycles. The van der Waals surface area contributed by atoms with Gasteiger partial charge in [-0.25, -0.2) is 4.98 Å². The summed E-state index contributed by atoms with van der Waals surface area (Å²) in [6.45, 7) is 1.54. The van der Waals surface area contributed by atoms with E-state index < -0.39 is 10.3 Å². The second-order valence-electron chi connectivity index (χ2n) is 5.79. The number of anilines is 1. The number of hydrogen-bond donors (Lipinski definition) is 0. The second-order valence-corrected chi connectivity index (χ2v) is 7.50. The van der Waals surface area contributed by atoms with Crippen molar-refractivity contribution in [1.29, 1.82) is 5.26 Å². The zero-order valence-electron chi connectivity index (χ0n) is 15.0. The predicted molar refractivity (Wildman–Crippen MR) is 98.4 cm³/mol. The number of piperazine rings is 1. The van der Waals surface area contributed by atoms with Crippen LogP contribution in [0.3, 0.4) is 0 Å². The Kier molecular flexibility index (Phi) is 5.55. The summed E-state index contributed by atoms with van der Waals surface area (Å²) in [5.41, 5.74) is 1.31. The standard InChI is InChI=1S/C17H19N5O4S/c1-25-16-11-15(21-7-9-22(10-8-21)27(23,24)26-2)19-17(20-16)14-5-3-13(12-18)4-6-14/h3-6,11H,7-10H2,1-2H3. The molecule has 1 fully saturated rings. The molecule has 10 heteroatoms. The van der Waals surface area contributed by atoms with Crippen LogP contribution in [0.1, 0.15) is 5.56 Å². The predicted octanol–water partition coefficient (Wildman–Crippen LogP) is 1.04. The summed E-state index contributed by atoms with van der Waals surface area (Å²) in [6, 6.07) is 10.7. The lowest BCUT2D eigenvalue weighted by molar-refractivity contribution is 0.301. The summed E-state index contributed by atoms with van der Waals surface area (Å²) in [5, 5.41) is 8.93. The molecule has 0 saturated carbocycles. The van der Waals surface area contributed by atoms with Crippen LogP contribution in [-0.4, -0.2) is 63.1 Å². The van der Waals surface area contributed by atoms with Crippen LogP contribution in [-0.2, 0) is 14.5 Å². The van der Waals surface area contributed by atoms with Gasteiger partial charge in [-0.3, -0.25) is 4.18 Å². The Bertz CT molecular complexity index is 948. The third-order valence-electron chi connectivity index (χ3n) is 4.26. The first-order valence-corrected chi connectivity index (χ1v) is 9.57. The Hall–Kier alpha value is -2.74. The van der Waals surface area contributed by atoms with Gasteiger partial charge in [-0.05, 0) is 24.3 Å². The molecule has 1 aromatic carbocycles. The molecule has 0 unspecified atom stereocenters. The third-order valence-corrected chi connectivity index (χ3v) is 5.68. The average Bonchev–Trinajstić information content (AvgIpc) is 2.73. The van der Waals surface area contributed by atoms with Crippen LogP contribution >= 0.6 is 0 Å². The number of nitriles is 1. The first-order valence-electron chi connectivity index (χ1n) is 8.21. The monoisotopic (exact) mass is 389 g/mol. The van der Waals surface area contributed by atoms with Crippen molar-refractivity contribution in [3.8, 4) is 23.3 Å². The van der Waals surface area contributed by atoms with Crippen LogP contribution in [0, 0.1) is 11.3 Å². The molecule has 0 aliphatic carbocycles. The fourth-order valence-corrected chi connectivity index (χ4v) is 3.57. The first-order chi connectivity index (χ1) is 13.0. The summed E-state index contributed by atoms with van der Waals surface area (Å²) in [7, 11) is -0.995. The minimum Gasteiger partial charge on any atom is -0.481 e. The number of ether oxygens (including phenoxy) is 1. The van der Waals surface area contributed by atoms with Gasteiger partial charge < -0.3 is 9.64 Å². The van der Waals surface area contributed by atoms with Crippen molar-refractivity contribution >= 4 is 16.1 Å². The maximum atomic E-state index is 11.8. The van der Waals surface area contributed by atoms with Crippen LogP contribution in [0.2, 0.25) is 0 Å². The largest absolute Gasteiger partial charge is 0.481 e. The van der Waals surface area contributed by atoms with Crippen LogP contribution in [0.15, 0.2) is 30.3 Å². The molecule has 0 radical (unpaired) electrons. The SMILES string of the molecule is COc1cc(N2CCN(S(=O)(=O)OC)CC2)nc(-c2ccc(C#N)cc2)n1. The summed E-state index contributed by atoms with van der Waals surface area (Å²) in [6.07, 6.45) is 0. The molecule has 2 aromatic rings. The second kappa shape index (κ2) is 7.87. The number of nitrogens with zero attached hydrogens (tertiary/aromatic N) is 5. The molecule has 1 aliphatic rings. The highest BCUT2D eigenvalue weighted by Gasteiger charge is 2.27. The van der Waals surface area contributed by atoms with Crippen molar-refractivity contribution in [2.75, 3.05) is 45.3 Å². The Morgan fingerprint density at radius 1 is 1.07 bits per heavy atom. The molecule has 1 aromatic heterocycles. The van der Waals surface area contributed by atoms with E-state index in [1.165, 1.54) is 11.4 Å². The van der Waals surface area contributed by atoms with Gasteiger partial charge in [0.2, 0.25) is 5.88 Å². The fraction of sp³-hybridized carbons (Fsp3) is 0.353. The van der Waals surface area contributed by atoms with E-state index in [0.717, 1.165) is 12.7 Å². The van der Waals surface area contributed by atoms with Gasteiger partial charge in [0, 0.05) is 37.8 Å². The van der Waals surface area contributed by atoms with E-state index in [1.54, 1.807) is 30.3 Å². The molecule has 0 bridgehead atoms. The molecular weight excluding hydrogens is 370 g/mol. The quantitative estimate of drug-likeness (QED) is 0.746. The molecule has 0 N–H and O–H groups in total. The fourth-order valence-electron chi connectivity index (χ4n) is 2.75. The zero-order chi connectivity index (χ0) is 19.4. The Balaban J connectivity index is 1.85. The molecule has 0 spiro atoms. The number of rotatable bonds is 5. The maximum Gasteiger partial charge on any atom is 0.338 e. The van der Waals surface area contributed by atoms with E-state index in [4.69, 9.17) is 10.00 Å². The Morgan fingerprint density at radius 3 is 2.30 bits per heavy atom. The van der Waals surface area contributed by atoms with E-state index in [2.05, 4.69) is 20.2 Å². The Labute approximate surface area is 158 Å². The number of benzene rings is 1. The van der Waals surface area contributed by atoms with Gasteiger partial charge in [0.15, 0.2) is 5.82 Å². The van der Waals surface area contributed by atoms with Crippen molar-refractivity contribution in [3.63, 3.8) is 0 Å². The highest BCUT2D eigenvalue weighted by molar-refractivity contribution is 7.84. The smallest absolute Gasteiger partial charge is 0.338 e. The van der Waals surface area contributed by atoms with Crippen LogP contribution < -0.4 is 9.64 Å². The highest BCUT2D eigenvalue weighted by Crippen LogP contribution is 2.25. The zero-order valence-corrected chi connectivity index (χ0v) is 15.8. The number of aromatic nitrogens is 2. The molecule has 0 atom stereocenters. The minimum absolute atomic E-state index is 0.300. The van der Waals surface area contributed by atoms with Crippen molar-refractivity contribution in [1.82, 2.24) is 14.3 Å². The minimum atomic E-state index is -3.67.